The Morgan fingerprint density at radius 3 is 1.43 bits per heavy atom. The lowest BCUT2D eigenvalue weighted by Gasteiger charge is -2.13. The Hall–Kier alpha value is -2.00. The lowest BCUT2D eigenvalue weighted by molar-refractivity contribution is -0.123. The highest BCUT2D eigenvalue weighted by atomic mass is 33.1. The third kappa shape index (κ3) is 9.67. The summed E-state index contributed by atoms with van der Waals surface area (Å²) in [5.41, 5.74) is 14.0. The van der Waals surface area contributed by atoms with Crippen LogP contribution in [0.2, 0.25) is 0 Å². The lowest BCUT2D eigenvalue weighted by atomic mass is 10.1. The maximum Gasteiger partial charge on any atom is 0.237 e. The maximum absolute atomic E-state index is 12.0. The first kappa shape index (κ1) is 24.3. The Bertz CT molecular complexity index is 697. The zero-order valence-corrected chi connectivity index (χ0v) is 18.6. The second kappa shape index (κ2) is 14.1. The van der Waals surface area contributed by atoms with Gasteiger partial charge in [0.2, 0.25) is 11.8 Å². The van der Waals surface area contributed by atoms with Gasteiger partial charge in [-0.2, -0.15) is 0 Å². The molecule has 6 nitrogen and oxygen atoms in total. The minimum Gasteiger partial charge on any atom is -0.354 e. The van der Waals surface area contributed by atoms with E-state index in [2.05, 4.69) is 10.6 Å². The summed E-state index contributed by atoms with van der Waals surface area (Å²) < 4.78 is 0. The van der Waals surface area contributed by atoms with Crippen LogP contribution in [-0.4, -0.2) is 48.5 Å². The fourth-order valence-electron chi connectivity index (χ4n) is 2.73. The molecule has 0 aromatic heterocycles. The number of rotatable bonds is 13. The summed E-state index contributed by atoms with van der Waals surface area (Å²) in [5, 5.41) is 5.73. The molecule has 6 N–H and O–H groups in total. The van der Waals surface area contributed by atoms with Crippen LogP contribution in [0.1, 0.15) is 11.1 Å². The number of amides is 2. The number of hydrogen-bond donors (Lipinski definition) is 4. The van der Waals surface area contributed by atoms with Gasteiger partial charge in [-0.25, -0.2) is 0 Å². The predicted octanol–water partition coefficient (Wildman–Crippen LogP) is 1.74. The van der Waals surface area contributed by atoms with Crippen molar-refractivity contribution in [3.8, 4) is 0 Å². The van der Waals surface area contributed by atoms with Crippen molar-refractivity contribution in [3.05, 3.63) is 71.8 Å². The van der Waals surface area contributed by atoms with Crippen LogP contribution >= 0.6 is 21.6 Å². The van der Waals surface area contributed by atoms with Crippen LogP contribution in [0.15, 0.2) is 60.7 Å². The van der Waals surface area contributed by atoms with Gasteiger partial charge in [0.1, 0.15) is 0 Å². The molecule has 2 amide bonds. The molecule has 2 aromatic rings. The first-order valence-electron chi connectivity index (χ1n) is 9.95. The van der Waals surface area contributed by atoms with E-state index in [4.69, 9.17) is 11.5 Å². The van der Waals surface area contributed by atoms with Gasteiger partial charge in [-0.1, -0.05) is 82.3 Å². The van der Waals surface area contributed by atoms with E-state index in [1.807, 2.05) is 60.7 Å². The van der Waals surface area contributed by atoms with Crippen LogP contribution in [0.4, 0.5) is 0 Å². The van der Waals surface area contributed by atoms with Crippen molar-refractivity contribution in [2.45, 2.75) is 24.9 Å². The van der Waals surface area contributed by atoms with Crippen LogP contribution in [0.25, 0.3) is 0 Å². The van der Waals surface area contributed by atoms with Crippen molar-refractivity contribution in [1.29, 1.82) is 0 Å². The fourth-order valence-corrected chi connectivity index (χ4v) is 4.55. The Labute approximate surface area is 186 Å². The highest BCUT2D eigenvalue weighted by Crippen LogP contribution is 2.19. The molecule has 2 atom stereocenters. The molecule has 0 bridgehead atoms. The highest BCUT2D eigenvalue weighted by molar-refractivity contribution is 8.76. The SMILES string of the molecule is N[C@@H](Cc1ccccc1)C(=O)NCCSSCCNC(=O)[C@@H](N)Cc1ccccc1. The van der Waals surface area contributed by atoms with Gasteiger partial charge < -0.3 is 22.1 Å². The molecular weight excluding hydrogens is 416 g/mol. The van der Waals surface area contributed by atoms with E-state index in [9.17, 15) is 9.59 Å². The zero-order chi connectivity index (χ0) is 21.6. The molecular formula is C22H30N4O2S2. The van der Waals surface area contributed by atoms with Gasteiger partial charge in [0, 0.05) is 24.6 Å². The highest BCUT2D eigenvalue weighted by Gasteiger charge is 2.14. The monoisotopic (exact) mass is 446 g/mol. The number of nitrogens with two attached hydrogens (primary N) is 2. The fraction of sp³-hybridized carbons (Fsp3) is 0.364. The van der Waals surface area contributed by atoms with Gasteiger partial charge in [0.15, 0.2) is 0 Å². The average Bonchev–Trinajstić information content (AvgIpc) is 2.76. The van der Waals surface area contributed by atoms with Gasteiger partial charge >= 0.3 is 0 Å². The van der Waals surface area contributed by atoms with Crippen LogP contribution in [0.3, 0.4) is 0 Å². The summed E-state index contributed by atoms with van der Waals surface area (Å²) in [5.74, 6) is 1.28. The van der Waals surface area contributed by atoms with E-state index in [1.165, 1.54) is 0 Å². The summed E-state index contributed by atoms with van der Waals surface area (Å²) >= 11 is 0. The molecule has 0 radical (unpaired) electrons. The largest absolute Gasteiger partial charge is 0.354 e. The second-order valence-electron chi connectivity index (χ2n) is 6.82. The molecule has 8 heteroatoms. The molecule has 0 heterocycles. The van der Waals surface area contributed by atoms with Crippen molar-refractivity contribution >= 4 is 33.4 Å². The zero-order valence-electron chi connectivity index (χ0n) is 17.0. The number of benzene rings is 2. The van der Waals surface area contributed by atoms with Gasteiger partial charge in [-0.3, -0.25) is 9.59 Å². The number of carbonyl (C=O) groups is 2. The number of carbonyl (C=O) groups excluding carboxylic acids is 2. The topological polar surface area (TPSA) is 110 Å². The van der Waals surface area contributed by atoms with Gasteiger partial charge in [-0.15, -0.1) is 0 Å². The third-order valence-electron chi connectivity index (χ3n) is 4.32. The van der Waals surface area contributed by atoms with Gasteiger partial charge in [-0.05, 0) is 24.0 Å². The van der Waals surface area contributed by atoms with Crippen molar-refractivity contribution in [3.63, 3.8) is 0 Å². The molecule has 162 valence electrons. The first-order chi connectivity index (χ1) is 14.6. The summed E-state index contributed by atoms with van der Waals surface area (Å²) in [6.07, 6.45) is 1.06. The van der Waals surface area contributed by atoms with Crippen molar-refractivity contribution < 1.29 is 9.59 Å². The van der Waals surface area contributed by atoms with Crippen LogP contribution < -0.4 is 22.1 Å². The standard InChI is InChI=1S/C22H30N4O2S2/c23-19(15-17-7-3-1-4-8-17)21(27)25-11-13-29-30-14-12-26-22(28)20(24)16-18-9-5-2-6-10-18/h1-10,19-20H,11-16,23-24H2,(H,25,27)(H,26,28)/t19-,20-/m0/s1. The summed E-state index contributed by atoms with van der Waals surface area (Å²) in [7, 11) is 3.30. The van der Waals surface area contributed by atoms with E-state index < -0.39 is 12.1 Å². The molecule has 0 spiro atoms. The van der Waals surface area contributed by atoms with Crippen LogP contribution in [-0.2, 0) is 22.4 Å². The molecule has 0 aliphatic heterocycles. The van der Waals surface area contributed by atoms with Crippen LogP contribution in [0.5, 0.6) is 0 Å². The predicted molar refractivity (Wildman–Crippen MR) is 127 cm³/mol. The summed E-state index contributed by atoms with van der Waals surface area (Å²) in [6.45, 7) is 1.13. The summed E-state index contributed by atoms with van der Waals surface area (Å²) in [4.78, 5) is 24.1. The van der Waals surface area contributed by atoms with Crippen molar-refractivity contribution in [2.75, 3.05) is 24.6 Å². The molecule has 2 aromatic carbocycles. The molecule has 0 fully saturated rings. The number of hydrogen-bond acceptors (Lipinski definition) is 6. The van der Waals surface area contributed by atoms with Crippen molar-refractivity contribution in [1.82, 2.24) is 10.6 Å². The van der Waals surface area contributed by atoms with E-state index in [1.54, 1.807) is 21.6 Å². The minimum atomic E-state index is -0.541. The van der Waals surface area contributed by atoms with E-state index >= 15 is 0 Å². The maximum atomic E-state index is 12.0. The lowest BCUT2D eigenvalue weighted by Crippen LogP contribution is -2.42. The summed E-state index contributed by atoms with van der Waals surface area (Å²) in [6, 6.07) is 18.4. The first-order valence-corrected chi connectivity index (χ1v) is 12.4. The van der Waals surface area contributed by atoms with Crippen molar-refractivity contribution in [2.24, 2.45) is 11.5 Å². The molecule has 0 aliphatic carbocycles. The quantitative estimate of drug-likeness (QED) is 0.276. The normalized spacial score (nSPS) is 12.7. The smallest absolute Gasteiger partial charge is 0.237 e. The third-order valence-corrected chi connectivity index (χ3v) is 6.73. The molecule has 0 saturated carbocycles. The molecule has 0 saturated heterocycles. The molecule has 30 heavy (non-hydrogen) atoms. The van der Waals surface area contributed by atoms with Crippen LogP contribution in [0, 0.1) is 0 Å². The average molecular weight is 447 g/mol. The Morgan fingerprint density at radius 1 is 0.700 bits per heavy atom. The minimum absolute atomic E-state index is 0.135. The molecule has 0 aliphatic rings. The van der Waals surface area contributed by atoms with E-state index in [0.29, 0.717) is 25.9 Å². The van der Waals surface area contributed by atoms with Gasteiger partial charge in [0.25, 0.3) is 0 Å². The second-order valence-corrected chi connectivity index (χ2v) is 9.52. The molecule has 2 rings (SSSR count). The number of nitrogens with one attached hydrogen (secondary N) is 2. The Balaban J connectivity index is 1.47. The van der Waals surface area contributed by atoms with Gasteiger partial charge in [0.05, 0.1) is 12.1 Å². The Morgan fingerprint density at radius 2 is 1.07 bits per heavy atom. The Kier molecular flexibility index (Phi) is 11.4. The van der Waals surface area contributed by atoms with E-state index in [0.717, 1.165) is 22.6 Å². The van der Waals surface area contributed by atoms with E-state index in [-0.39, 0.29) is 11.8 Å². The molecule has 0 unspecified atom stereocenters.